The molecule has 0 aromatic carbocycles. The zero-order chi connectivity index (χ0) is 19.0. The highest BCUT2D eigenvalue weighted by molar-refractivity contribution is 5.85. The van der Waals surface area contributed by atoms with E-state index in [2.05, 4.69) is 12.2 Å². The number of nitrogens with one attached hydrogen (secondary N) is 1. The summed E-state index contributed by atoms with van der Waals surface area (Å²) in [6.45, 7) is 4.44. The van der Waals surface area contributed by atoms with E-state index in [-0.39, 0.29) is 17.8 Å². The second kappa shape index (κ2) is 15.0. The molecule has 1 unspecified atom stereocenters. The normalized spacial score (nSPS) is 16.2. The maximum atomic E-state index is 12.2. The first kappa shape index (κ1) is 23.0. The van der Waals surface area contributed by atoms with Crippen LogP contribution in [0.4, 0.5) is 0 Å². The highest BCUT2D eigenvalue weighted by atomic mass is 16.5. The lowest BCUT2D eigenvalue weighted by molar-refractivity contribution is -0.148. The van der Waals surface area contributed by atoms with Gasteiger partial charge in [-0.1, -0.05) is 84.0 Å². The number of carbonyl (C=O) groups is 2. The molecule has 0 saturated heterocycles. The molecule has 4 nitrogen and oxygen atoms in total. The van der Waals surface area contributed by atoms with Crippen molar-refractivity contribution < 1.29 is 14.3 Å². The van der Waals surface area contributed by atoms with Crippen molar-refractivity contribution in [1.29, 1.82) is 0 Å². The number of ether oxygens (including phenoxy) is 1. The minimum atomic E-state index is -0.535. The van der Waals surface area contributed by atoms with E-state index < -0.39 is 6.04 Å². The fraction of sp³-hybridized carbons (Fsp3) is 0.909. The van der Waals surface area contributed by atoms with Crippen LogP contribution in [0.2, 0.25) is 0 Å². The molecular formula is C22H41NO3. The van der Waals surface area contributed by atoms with Crippen LogP contribution >= 0.6 is 0 Å². The fourth-order valence-electron chi connectivity index (χ4n) is 3.64. The van der Waals surface area contributed by atoms with Crippen LogP contribution in [0.5, 0.6) is 0 Å². The van der Waals surface area contributed by atoms with Gasteiger partial charge in [0.2, 0.25) is 5.91 Å². The average molecular weight is 368 g/mol. The molecule has 1 atom stereocenters. The molecule has 0 heterocycles. The topological polar surface area (TPSA) is 55.4 Å². The van der Waals surface area contributed by atoms with Crippen molar-refractivity contribution in [3.05, 3.63) is 0 Å². The van der Waals surface area contributed by atoms with Gasteiger partial charge in [0.05, 0.1) is 6.61 Å². The first-order valence-corrected chi connectivity index (χ1v) is 11.1. The standard InChI is InChI=1S/C22H41NO3/c1-3-4-5-6-7-8-9-10-11-15-18-26-22(25)19(2)23-21(24)20-16-13-12-14-17-20/h19-20H,3-18H2,1-2H3,(H,23,24). The van der Waals surface area contributed by atoms with Gasteiger partial charge in [-0.25, -0.2) is 4.79 Å². The molecule has 0 aliphatic heterocycles. The van der Waals surface area contributed by atoms with Gasteiger partial charge in [0.1, 0.15) is 6.04 Å². The van der Waals surface area contributed by atoms with Gasteiger partial charge >= 0.3 is 5.97 Å². The number of esters is 1. The molecule has 1 fully saturated rings. The lowest BCUT2D eigenvalue weighted by Crippen LogP contribution is -2.43. The van der Waals surface area contributed by atoms with E-state index in [0.29, 0.717) is 6.61 Å². The lowest BCUT2D eigenvalue weighted by atomic mass is 9.88. The van der Waals surface area contributed by atoms with Crippen LogP contribution in [0.15, 0.2) is 0 Å². The summed E-state index contributed by atoms with van der Waals surface area (Å²) < 4.78 is 5.31. The number of hydrogen-bond acceptors (Lipinski definition) is 3. The van der Waals surface area contributed by atoms with Crippen molar-refractivity contribution in [3.63, 3.8) is 0 Å². The van der Waals surface area contributed by atoms with E-state index in [1.54, 1.807) is 6.92 Å². The molecule has 1 N–H and O–H groups in total. The Morgan fingerprint density at radius 3 is 2.00 bits per heavy atom. The van der Waals surface area contributed by atoms with Crippen LogP contribution in [0.3, 0.4) is 0 Å². The first-order valence-electron chi connectivity index (χ1n) is 11.1. The maximum Gasteiger partial charge on any atom is 0.328 e. The van der Waals surface area contributed by atoms with Crippen molar-refractivity contribution >= 4 is 11.9 Å². The van der Waals surface area contributed by atoms with Gasteiger partial charge in [0.25, 0.3) is 0 Å². The van der Waals surface area contributed by atoms with Gasteiger partial charge in [-0.2, -0.15) is 0 Å². The van der Waals surface area contributed by atoms with Gasteiger partial charge in [-0.15, -0.1) is 0 Å². The second-order valence-corrected chi connectivity index (χ2v) is 7.91. The Labute approximate surface area is 160 Å². The third-order valence-corrected chi connectivity index (χ3v) is 5.43. The quantitative estimate of drug-likeness (QED) is 0.324. The Hall–Kier alpha value is -1.06. The van der Waals surface area contributed by atoms with Crippen LogP contribution in [-0.2, 0) is 14.3 Å². The Morgan fingerprint density at radius 1 is 0.885 bits per heavy atom. The number of unbranched alkanes of at least 4 members (excludes halogenated alkanes) is 9. The first-order chi connectivity index (χ1) is 12.6. The van der Waals surface area contributed by atoms with Crippen LogP contribution in [0, 0.1) is 5.92 Å². The molecule has 0 aromatic rings. The van der Waals surface area contributed by atoms with E-state index in [4.69, 9.17) is 4.74 Å². The van der Waals surface area contributed by atoms with Crippen molar-refractivity contribution in [2.24, 2.45) is 5.92 Å². The summed E-state index contributed by atoms with van der Waals surface area (Å²) in [4.78, 5) is 24.1. The van der Waals surface area contributed by atoms with Crippen LogP contribution in [0.25, 0.3) is 0 Å². The fourth-order valence-corrected chi connectivity index (χ4v) is 3.64. The molecule has 1 rings (SSSR count). The number of hydrogen-bond donors (Lipinski definition) is 1. The van der Waals surface area contributed by atoms with Crippen LogP contribution in [-0.4, -0.2) is 24.5 Å². The van der Waals surface area contributed by atoms with E-state index in [9.17, 15) is 9.59 Å². The zero-order valence-electron chi connectivity index (χ0n) is 17.2. The van der Waals surface area contributed by atoms with Crippen molar-refractivity contribution in [2.75, 3.05) is 6.61 Å². The summed E-state index contributed by atoms with van der Waals surface area (Å²) in [5.74, 6) is -0.195. The molecule has 1 amide bonds. The monoisotopic (exact) mass is 367 g/mol. The molecule has 26 heavy (non-hydrogen) atoms. The molecule has 152 valence electrons. The molecule has 1 aliphatic carbocycles. The van der Waals surface area contributed by atoms with Gasteiger partial charge in [-0.05, 0) is 26.2 Å². The summed E-state index contributed by atoms with van der Waals surface area (Å²) in [6.07, 6.45) is 18.0. The number of carbonyl (C=O) groups excluding carboxylic acids is 2. The van der Waals surface area contributed by atoms with Gasteiger partial charge in [0.15, 0.2) is 0 Å². The molecular weight excluding hydrogens is 326 g/mol. The minimum absolute atomic E-state index is 0.0214. The van der Waals surface area contributed by atoms with Crippen LogP contribution < -0.4 is 5.32 Å². The van der Waals surface area contributed by atoms with Gasteiger partial charge in [0, 0.05) is 5.92 Å². The molecule has 4 heteroatoms. The predicted molar refractivity (Wildman–Crippen MR) is 107 cm³/mol. The number of rotatable bonds is 14. The van der Waals surface area contributed by atoms with Crippen molar-refractivity contribution in [2.45, 2.75) is 116 Å². The molecule has 1 saturated carbocycles. The largest absolute Gasteiger partial charge is 0.464 e. The van der Waals surface area contributed by atoms with E-state index >= 15 is 0 Å². The lowest BCUT2D eigenvalue weighted by Gasteiger charge is -2.22. The molecule has 0 aromatic heterocycles. The van der Waals surface area contributed by atoms with Crippen molar-refractivity contribution in [3.8, 4) is 0 Å². The molecule has 0 spiro atoms. The van der Waals surface area contributed by atoms with E-state index in [1.165, 1.54) is 57.8 Å². The average Bonchev–Trinajstić information content (AvgIpc) is 2.66. The second-order valence-electron chi connectivity index (χ2n) is 7.91. The Balaban J connectivity index is 1.96. The highest BCUT2D eigenvalue weighted by Crippen LogP contribution is 2.23. The smallest absolute Gasteiger partial charge is 0.328 e. The zero-order valence-corrected chi connectivity index (χ0v) is 17.2. The molecule has 1 aliphatic rings. The minimum Gasteiger partial charge on any atom is -0.464 e. The summed E-state index contributed by atoms with van der Waals surface area (Å²) in [5.41, 5.74) is 0. The van der Waals surface area contributed by atoms with Gasteiger partial charge < -0.3 is 10.1 Å². The Bertz CT molecular complexity index is 378. The van der Waals surface area contributed by atoms with E-state index in [1.807, 2.05) is 0 Å². The molecule has 0 bridgehead atoms. The Morgan fingerprint density at radius 2 is 1.42 bits per heavy atom. The summed E-state index contributed by atoms with van der Waals surface area (Å²) in [6, 6.07) is -0.535. The highest BCUT2D eigenvalue weighted by Gasteiger charge is 2.24. The van der Waals surface area contributed by atoms with E-state index in [0.717, 1.165) is 38.5 Å². The third-order valence-electron chi connectivity index (χ3n) is 5.43. The summed E-state index contributed by atoms with van der Waals surface area (Å²) in [5, 5.41) is 2.83. The third kappa shape index (κ3) is 10.8. The predicted octanol–water partition coefficient (Wildman–Crippen LogP) is 5.54. The SMILES string of the molecule is CCCCCCCCCCCCOC(=O)C(C)NC(=O)C1CCCCC1. The Kier molecular flexibility index (Phi) is 13.3. The van der Waals surface area contributed by atoms with Gasteiger partial charge in [-0.3, -0.25) is 4.79 Å². The number of amides is 1. The van der Waals surface area contributed by atoms with Crippen molar-refractivity contribution in [1.82, 2.24) is 5.32 Å². The summed E-state index contributed by atoms with van der Waals surface area (Å²) >= 11 is 0. The summed E-state index contributed by atoms with van der Waals surface area (Å²) in [7, 11) is 0. The molecule has 0 radical (unpaired) electrons. The van der Waals surface area contributed by atoms with Crippen LogP contribution in [0.1, 0.15) is 110 Å². The maximum absolute atomic E-state index is 12.2.